The zero-order valence-electron chi connectivity index (χ0n) is 17.6. The lowest BCUT2D eigenvalue weighted by Crippen LogP contribution is -2.48. The van der Waals surface area contributed by atoms with Crippen molar-refractivity contribution in [2.24, 2.45) is 4.99 Å². The Morgan fingerprint density at radius 3 is 2.69 bits per heavy atom. The smallest absolute Gasteiger partial charge is 0.191 e. The summed E-state index contributed by atoms with van der Waals surface area (Å²) in [4.78, 5) is 4.39. The van der Waals surface area contributed by atoms with Gasteiger partial charge in [-0.2, -0.15) is 5.10 Å². The van der Waals surface area contributed by atoms with Gasteiger partial charge in [-0.25, -0.2) is 0 Å². The third-order valence-electron chi connectivity index (χ3n) is 5.46. The van der Waals surface area contributed by atoms with Gasteiger partial charge >= 0.3 is 0 Å². The van der Waals surface area contributed by atoms with Crippen LogP contribution in [0.2, 0.25) is 0 Å². The largest absolute Gasteiger partial charge is 0.494 e. The van der Waals surface area contributed by atoms with Gasteiger partial charge in [0.15, 0.2) is 5.96 Å². The average Bonchev–Trinajstić information content (AvgIpc) is 3.28. The van der Waals surface area contributed by atoms with Crippen molar-refractivity contribution >= 4 is 5.96 Å². The molecule has 1 aliphatic heterocycles. The maximum Gasteiger partial charge on any atom is 0.191 e. The van der Waals surface area contributed by atoms with Crippen LogP contribution in [-0.4, -0.2) is 55.7 Å². The molecule has 1 aromatic carbocycles. The molecule has 2 heterocycles. The summed E-state index contributed by atoms with van der Waals surface area (Å²) in [5, 5.41) is 11.2. The van der Waals surface area contributed by atoms with E-state index in [9.17, 15) is 0 Å². The van der Waals surface area contributed by atoms with Crippen molar-refractivity contribution in [1.82, 2.24) is 20.4 Å². The molecule has 1 aliphatic rings. The number of benzene rings is 1. The van der Waals surface area contributed by atoms with Gasteiger partial charge in [0.05, 0.1) is 6.61 Å². The summed E-state index contributed by atoms with van der Waals surface area (Å²) >= 11 is 0. The van der Waals surface area contributed by atoms with Crippen molar-refractivity contribution in [3.63, 3.8) is 0 Å². The number of rotatable bonds is 9. The van der Waals surface area contributed by atoms with Crippen LogP contribution >= 0.6 is 0 Å². The predicted molar refractivity (Wildman–Crippen MR) is 116 cm³/mol. The molecule has 0 spiro atoms. The highest BCUT2D eigenvalue weighted by Gasteiger charge is 2.34. The Bertz CT molecular complexity index is 737. The van der Waals surface area contributed by atoms with Crippen LogP contribution in [0, 0.1) is 0 Å². The molecule has 0 atom stereocenters. The molecule has 158 valence electrons. The average molecular weight is 400 g/mol. The second kappa shape index (κ2) is 10.9. The number of ether oxygens (including phenoxy) is 2. The molecule has 1 saturated heterocycles. The van der Waals surface area contributed by atoms with Gasteiger partial charge in [-0.3, -0.25) is 9.67 Å². The molecule has 0 saturated carbocycles. The molecule has 0 bridgehead atoms. The Balaban J connectivity index is 1.55. The van der Waals surface area contributed by atoms with Gasteiger partial charge in [0.1, 0.15) is 5.75 Å². The van der Waals surface area contributed by atoms with Gasteiger partial charge in [0, 0.05) is 57.7 Å². The fraction of sp³-hybridized carbons (Fsp3) is 0.545. The van der Waals surface area contributed by atoms with Crippen molar-refractivity contribution in [3.8, 4) is 5.75 Å². The van der Waals surface area contributed by atoms with E-state index in [1.807, 2.05) is 37.1 Å². The number of hydrogen-bond donors (Lipinski definition) is 2. The number of nitrogens with one attached hydrogen (secondary N) is 2. The number of aliphatic imine (C=N–C) groups is 1. The van der Waals surface area contributed by atoms with Gasteiger partial charge in [-0.05, 0) is 49.9 Å². The maximum atomic E-state index is 5.65. The zero-order valence-corrected chi connectivity index (χ0v) is 17.6. The van der Waals surface area contributed by atoms with E-state index in [4.69, 9.17) is 9.47 Å². The van der Waals surface area contributed by atoms with Gasteiger partial charge in [0.25, 0.3) is 0 Å². The van der Waals surface area contributed by atoms with Crippen molar-refractivity contribution in [3.05, 3.63) is 48.3 Å². The molecule has 0 unspecified atom stereocenters. The first-order valence-corrected chi connectivity index (χ1v) is 10.5. The molecule has 7 nitrogen and oxygen atoms in total. The Hall–Kier alpha value is -2.54. The van der Waals surface area contributed by atoms with Crippen molar-refractivity contribution in [2.75, 3.05) is 40.0 Å². The summed E-state index contributed by atoms with van der Waals surface area (Å²) < 4.78 is 13.2. The van der Waals surface area contributed by atoms with E-state index in [1.54, 1.807) is 0 Å². The van der Waals surface area contributed by atoms with Crippen LogP contribution in [0.1, 0.15) is 31.7 Å². The molecule has 7 heteroatoms. The summed E-state index contributed by atoms with van der Waals surface area (Å²) in [6.07, 6.45) is 6.76. The van der Waals surface area contributed by atoms with Crippen molar-refractivity contribution in [1.29, 1.82) is 0 Å². The topological polar surface area (TPSA) is 72.7 Å². The quantitative estimate of drug-likeness (QED) is 0.385. The SMILES string of the molecule is CCOc1ccc(C2(CNC(=NC)NCCCn3cccn3)CCOCC2)cc1. The Kier molecular flexibility index (Phi) is 7.93. The molecule has 2 N–H and O–H groups in total. The first kappa shape index (κ1) is 21.2. The lowest BCUT2D eigenvalue weighted by atomic mass is 9.74. The van der Waals surface area contributed by atoms with Crippen LogP contribution in [0.15, 0.2) is 47.7 Å². The second-order valence-electron chi connectivity index (χ2n) is 7.33. The molecule has 29 heavy (non-hydrogen) atoms. The highest BCUT2D eigenvalue weighted by Crippen LogP contribution is 2.35. The third-order valence-corrected chi connectivity index (χ3v) is 5.46. The zero-order chi connectivity index (χ0) is 20.4. The van der Waals surface area contributed by atoms with E-state index in [0.717, 1.165) is 63.8 Å². The van der Waals surface area contributed by atoms with Crippen LogP contribution in [0.3, 0.4) is 0 Å². The van der Waals surface area contributed by atoms with E-state index >= 15 is 0 Å². The highest BCUT2D eigenvalue weighted by molar-refractivity contribution is 5.79. The van der Waals surface area contributed by atoms with Gasteiger partial charge in [-0.15, -0.1) is 0 Å². The van der Waals surface area contributed by atoms with Gasteiger partial charge in [0.2, 0.25) is 0 Å². The van der Waals surface area contributed by atoms with Gasteiger partial charge < -0.3 is 20.1 Å². The van der Waals surface area contributed by atoms with Crippen LogP contribution in [0.25, 0.3) is 0 Å². The summed E-state index contributed by atoms with van der Waals surface area (Å²) in [6.45, 7) is 6.82. The maximum absolute atomic E-state index is 5.65. The Morgan fingerprint density at radius 1 is 1.24 bits per heavy atom. The fourth-order valence-corrected chi connectivity index (χ4v) is 3.76. The highest BCUT2D eigenvalue weighted by atomic mass is 16.5. The van der Waals surface area contributed by atoms with E-state index in [-0.39, 0.29) is 5.41 Å². The molecule has 1 fully saturated rings. The van der Waals surface area contributed by atoms with Gasteiger partial charge in [-0.1, -0.05) is 12.1 Å². The predicted octanol–water partition coefficient (Wildman–Crippen LogP) is 2.59. The van der Waals surface area contributed by atoms with E-state index in [0.29, 0.717) is 6.61 Å². The summed E-state index contributed by atoms with van der Waals surface area (Å²) in [7, 11) is 1.82. The van der Waals surface area contributed by atoms with Crippen molar-refractivity contribution < 1.29 is 9.47 Å². The molecule has 0 amide bonds. The minimum Gasteiger partial charge on any atom is -0.494 e. The Labute approximate surface area is 173 Å². The number of guanidine groups is 1. The number of hydrogen-bond acceptors (Lipinski definition) is 4. The fourth-order valence-electron chi connectivity index (χ4n) is 3.76. The van der Waals surface area contributed by atoms with Crippen LogP contribution in [0.5, 0.6) is 5.75 Å². The standard InChI is InChI=1S/C22H33N5O2/c1-3-29-20-8-6-19(7-9-20)22(10-16-28-17-11-22)18-25-21(23-2)24-12-4-14-27-15-5-13-26-27/h5-9,13,15H,3-4,10-12,14,16-18H2,1-2H3,(H2,23,24,25). The van der Waals surface area contributed by atoms with Crippen molar-refractivity contribution in [2.45, 2.75) is 38.1 Å². The molecule has 0 aliphatic carbocycles. The molecule has 1 aromatic heterocycles. The van der Waals surface area contributed by atoms with E-state index in [1.165, 1.54) is 5.56 Å². The Morgan fingerprint density at radius 2 is 2.03 bits per heavy atom. The first-order chi connectivity index (χ1) is 14.3. The molecular weight excluding hydrogens is 366 g/mol. The molecular formula is C22H33N5O2. The second-order valence-corrected chi connectivity index (χ2v) is 7.33. The molecule has 2 aromatic rings. The number of aromatic nitrogens is 2. The van der Waals surface area contributed by atoms with E-state index in [2.05, 4.69) is 45.0 Å². The lowest BCUT2D eigenvalue weighted by molar-refractivity contribution is 0.0513. The van der Waals surface area contributed by atoms with E-state index < -0.39 is 0 Å². The summed E-state index contributed by atoms with van der Waals surface area (Å²) in [5.41, 5.74) is 1.36. The third kappa shape index (κ3) is 5.97. The summed E-state index contributed by atoms with van der Waals surface area (Å²) in [6, 6.07) is 10.5. The number of aryl methyl sites for hydroxylation is 1. The summed E-state index contributed by atoms with van der Waals surface area (Å²) in [5.74, 6) is 1.75. The first-order valence-electron chi connectivity index (χ1n) is 10.5. The number of nitrogens with zero attached hydrogens (tertiary/aromatic N) is 3. The molecule has 3 rings (SSSR count). The lowest BCUT2D eigenvalue weighted by Gasteiger charge is -2.38. The molecule has 0 radical (unpaired) electrons. The van der Waals surface area contributed by atoms with Crippen LogP contribution in [-0.2, 0) is 16.7 Å². The van der Waals surface area contributed by atoms with Crippen LogP contribution in [0.4, 0.5) is 0 Å². The normalized spacial score (nSPS) is 16.4. The monoisotopic (exact) mass is 399 g/mol. The van der Waals surface area contributed by atoms with Crippen LogP contribution < -0.4 is 15.4 Å². The minimum absolute atomic E-state index is 0.0374. The minimum atomic E-state index is 0.0374.